The van der Waals surface area contributed by atoms with Crippen molar-refractivity contribution in [3.63, 3.8) is 0 Å². The molecule has 0 bridgehead atoms. The summed E-state index contributed by atoms with van der Waals surface area (Å²) in [6.45, 7) is 5.05. The average molecular weight is 233 g/mol. The third-order valence-electron chi connectivity index (χ3n) is 2.76. The molecule has 92 valence electrons. The number of rotatable bonds is 5. The van der Waals surface area contributed by atoms with Gasteiger partial charge in [0.15, 0.2) is 0 Å². The molecule has 0 saturated heterocycles. The zero-order valence-electron chi connectivity index (χ0n) is 10.6. The van der Waals surface area contributed by atoms with Crippen LogP contribution in [0.5, 0.6) is 0 Å². The molecule has 2 aromatic rings. The molecule has 2 heterocycles. The molecule has 0 aromatic carbocycles. The summed E-state index contributed by atoms with van der Waals surface area (Å²) in [6, 6.07) is 4.03. The van der Waals surface area contributed by atoms with Gasteiger partial charge >= 0.3 is 0 Å². The molecule has 0 fully saturated rings. The maximum absolute atomic E-state index is 5.71. The SMILES string of the molecule is CCCNC(c1ccc(C)o1)c1nccn1C. The first-order valence-electron chi connectivity index (χ1n) is 5.99. The Kier molecular flexibility index (Phi) is 3.64. The van der Waals surface area contributed by atoms with Crippen LogP contribution in [0.3, 0.4) is 0 Å². The fourth-order valence-electron chi connectivity index (χ4n) is 1.87. The first-order chi connectivity index (χ1) is 8.22. The van der Waals surface area contributed by atoms with Gasteiger partial charge in [0, 0.05) is 19.4 Å². The highest BCUT2D eigenvalue weighted by molar-refractivity contribution is 5.17. The van der Waals surface area contributed by atoms with Crippen LogP contribution in [0.4, 0.5) is 0 Å². The van der Waals surface area contributed by atoms with Crippen LogP contribution in [0.2, 0.25) is 0 Å². The molecule has 4 nitrogen and oxygen atoms in total. The summed E-state index contributed by atoms with van der Waals surface area (Å²) >= 11 is 0. The molecule has 1 atom stereocenters. The highest BCUT2D eigenvalue weighted by Gasteiger charge is 2.20. The fraction of sp³-hybridized carbons (Fsp3) is 0.462. The molecule has 2 rings (SSSR count). The smallest absolute Gasteiger partial charge is 0.133 e. The van der Waals surface area contributed by atoms with E-state index in [1.54, 1.807) is 0 Å². The zero-order valence-corrected chi connectivity index (χ0v) is 10.6. The van der Waals surface area contributed by atoms with Gasteiger partial charge < -0.3 is 14.3 Å². The van der Waals surface area contributed by atoms with Crippen LogP contribution in [0.15, 0.2) is 28.9 Å². The van der Waals surface area contributed by atoms with Gasteiger partial charge in [-0.2, -0.15) is 0 Å². The molecule has 0 aliphatic rings. The third-order valence-corrected chi connectivity index (χ3v) is 2.76. The number of hydrogen-bond donors (Lipinski definition) is 1. The van der Waals surface area contributed by atoms with Crippen molar-refractivity contribution < 1.29 is 4.42 Å². The fourth-order valence-corrected chi connectivity index (χ4v) is 1.87. The van der Waals surface area contributed by atoms with Crippen molar-refractivity contribution in [3.8, 4) is 0 Å². The quantitative estimate of drug-likeness (QED) is 0.862. The standard InChI is InChI=1S/C13H19N3O/c1-4-7-14-12(11-6-5-10(2)17-11)13-15-8-9-16(13)3/h5-6,8-9,12,14H,4,7H2,1-3H3. The molecule has 1 N–H and O–H groups in total. The predicted molar refractivity (Wildman–Crippen MR) is 66.8 cm³/mol. The summed E-state index contributed by atoms with van der Waals surface area (Å²) < 4.78 is 7.72. The van der Waals surface area contributed by atoms with Gasteiger partial charge in [-0.05, 0) is 32.0 Å². The summed E-state index contributed by atoms with van der Waals surface area (Å²) in [5.74, 6) is 2.83. The molecule has 1 unspecified atom stereocenters. The lowest BCUT2D eigenvalue weighted by atomic mass is 10.2. The summed E-state index contributed by atoms with van der Waals surface area (Å²) in [5, 5.41) is 3.47. The van der Waals surface area contributed by atoms with E-state index in [0.717, 1.165) is 30.3 Å². The first-order valence-corrected chi connectivity index (χ1v) is 5.99. The maximum Gasteiger partial charge on any atom is 0.133 e. The molecule has 0 amide bonds. The normalized spacial score (nSPS) is 12.9. The van der Waals surface area contributed by atoms with Crippen LogP contribution < -0.4 is 5.32 Å². The molecule has 0 spiro atoms. The van der Waals surface area contributed by atoms with E-state index < -0.39 is 0 Å². The monoisotopic (exact) mass is 233 g/mol. The predicted octanol–water partition coefficient (Wildman–Crippen LogP) is 2.41. The molecular weight excluding hydrogens is 214 g/mol. The lowest BCUT2D eigenvalue weighted by Crippen LogP contribution is -2.25. The summed E-state index contributed by atoms with van der Waals surface area (Å²) in [6.07, 6.45) is 4.85. The first kappa shape index (κ1) is 11.9. The highest BCUT2D eigenvalue weighted by Crippen LogP contribution is 2.22. The molecule has 0 saturated carbocycles. The van der Waals surface area contributed by atoms with E-state index in [1.165, 1.54) is 0 Å². The molecule has 2 aromatic heterocycles. The van der Waals surface area contributed by atoms with Crippen LogP contribution in [0.1, 0.15) is 36.7 Å². The minimum Gasteiger partial charge on any atom is -0.464 e. The molecule has 0 radical (unpaired) electrons. The van der Waals surface area contributed by atoms with Crippen LogP contribution in [0.25, 0.3) is 0 Å². The van der Waals surface area contributed by atoms with Gasteiger partial charge in [0.05, 0.1) is 0 Å². The Morgan fingerprint density at radius 1 is 1.47 bits per heavy atom. The number of hydrogen-bond acceptors (Lipinski definition) is 3. The second-order valence-electron chi connectivity index (χ2n) is 4.23. The summed E-state index contributed by atoms with van der Waals surface area (Å²) in [7, 11) is 2.00. The molecule has 17 heavy (non-hydrogen) atoms. The second kappa shape index (κ2) is 5.19. The van der Waals surface area contributed by atoms with E-state index in [-0.39, 0.29) is 6.04 Å². The van der Waals surface area contributed by atoms with Crippen molar-refractivity contribution >= 4 is 0 Å². The van der Waals surface area contributed by atoms with Crippen molar-refractivity contribution in [1.82, 2.24) is 14.9 Å². The summed E-state index contributed by atoms with van der Waals surface area (Å²) in [5.41, 5.74) is 0. The van der Waals surface area contributed by atoms with Crippen molar-refractivity contribution in [3.05, 3.63) is 41.9 Å². The van der Waals surface area contributed by atoms with Gasteiger partial charge in [-0.15, -0.1) is 0 Å². The Morgan fingerprint density at radius 3 is 2.82 bits per heavy atom. The van der Waals surface area contributed by atoms with Crippen molar-refractivity contribution in [2.45, 2.75) is 26.3 Å². The van der Waals surface area contributed by atoms with E-state index in [2.05, 4.69) is 17.2 Å². The Morgan fingerprint density at radius 2 is 2.29 bits per heavy atom. The Hall–Kier alpha value is -1.55. The summed E-state index contributed by atoms with van der Waals surface area (Å²) in [4.78, 5) is 4.40. The minimum absolute atomic E-state index is 0.0312. The minimum atomic E-state index is 0.0312. The van der Waals surface area contributed by atoms with Crippen LogP contribution in [-0.2, 0) is 7.05 Å². The van der Waals surface area contributed by atoms with Crippen LogP contribution in [-0.4, -0.2) is 16.1 Å². The van der Waals surface area contributed by atoms with Gasteiger partial charge in [0.1, 0.15) is 23.4 Å². The maximum atomic E-state index is 5.71. The Bertz CT molecular complexity index is 472. The van der Waals surface area contributed by atoms with E-state index >= 15 is 0 Å². The van der Waals surface area contributed by atoms with Gasteiger partial charge in [-0.1, -0.05) is 6.92 Å². The number of aromatic nitrogens is 2. The third kappa shape index (κ3) is 2.58. The van der Waals surface area contributed by atoms with E-state index in [0.29, 0.717) is 0 Å². The Labute approximate surface area is 102 Å². The molecule has 0 aliphatic heterocycles. The van der Waals surface area contributed by atoms with Gasteiger partial charge in [0.2, 0.25) is 0 Å². The molecule has 4 heteroatoms. The lowest BCUT2D eigenvalue weighted by molar-refractivity contribution is 0.416. The topological polar surface area (TPSA) is 43.0 Å². The largest absolute Gasteiger partial charge is 0.464 e. The number of aryl methyl sites for hydroxylation is 2. The number of nitrogens with zero attached hydrogens (tertiary/aromatic N) is 2. The highest BCUT2D eigenvalue weighted by atomic mass is 16.3. The van der Waals surface area contributed by atoms with E-state index in [4.69, 9.17) is 4.42 Å². The van der Waals surface area contributed by atoms with Gasteiger partial charge in [-0.25, -0.2) is 4.98 Å². The van der Waals surface area contributed by atoms with Gasteiger partial charge in [0.25, 0.3) is 0 Å². The van der Waals surface area contributed by atoms with Crippen molar-refractivity contribution in [2.75, 3.05) is 6.54 Å². The van der Waals surface area contributed by atoms with Gasteiger partial charge in [-0.3, -0.25) is 0 Å². The zero-order chi connectivity index (χ0) is 12.3. The molecular formula is C13H19N3O. The number of imidazole rings is 1. The van der Waals surface area contributed by atoms with Crippen molar-refractivity contribution in [1.29, 1.82) is 0 Å². The number of furan rings is 1. The van der Waals surface area contributed by atoms with Crippen LogP contribution >= 0.6 is 0 Å². The molecule has 0 aliphatic carbocycles. The lowest BCUT2D eigenvalue weighted by Gasteiger charge is -2.16. The van der Waals surface area contributed by atoms with Crippen LogP contribution in [0, 0.1) is 6.92 Å². The van der Waals surface area contributed by atoms with E-state index in [9.17, 15) is 0 Å². The van der Waals surface area contributed by atoms with Crippen molar-refractivity contribution in [2.24, 2.45) is 7.05 Å². The van der Waals surface area contributed by atoms with E-state index in [1.807, 2.05) is 43.1 Å². The Balaban J connectivity index is 2.28. The second-order valence-corrected chi connectivity index (χ2v) is 4.23. The number of nitrogens with one attached hydrogen (secondary N) is 1. The average Bonchev–Trinajstić information content (AvgIpc) is 2.90.